The van der Waals surface area contributed by atoms with Gasteiger partial charge < -0.3 is 5.11 Å². The summed E-state index contributed by atoms with van der Waals surface area (Å²) < 4.78 is 0. The van der Waals surface area contributed by atoms with Crippen LogP contribution in [0.15, 0.2) is 18.7 Å². The number of phenolic OH excluding ortho intramolecular Hbond substituents is 1. The van der Waals surface area contributed by atoms with Gasteiger partial charge in [0.25, 0.3) is 0 Å². The Hall–Kier alpha value is -1.24. The average molecular weight is 232 g/mol. The molecular weight excluding hydrogens is 208 g/mol. The Morgan fingerprint density at radius 3 is 1.76 bits per heavy atom. The number of phenols is 1. The Kier molecular flexibility index (Phi) is 3.42. The topological polar surface area (TPSA) is 20.2 Å². The Morgan fingerprint density at radius 1 is 0.941 bits per heavy atom. The molecule has 1 nitrogen and oxygen atoms in total. The highest BCUT2D eigenvalue weighted by molar-refractivity contribution is 5.59. The van der Waals surface area contributed by atoms with Crippen molar-refractivity contribution in [3.63, 3.8) is 0 Å². The number of hydrogen-bond donors (Lipinski definition) is 1. The van der Waals surface area contributed by atoms with Crippen LogP contribution in [0.25, 0.3) is 6.08 Å². The molecule has 17 heavy (non-hydrogen) atoms. The second-order valence-corrected chi connectivity index (χ2v) is 6.66. The zero-order valence-electron chi connectivity index (χ0n) is 11.9. The van der Waals surface area contributed by atoms with Crippen molar-refractivity contribution >= 4 is 6.08 Å². The van der Waals surface area contributed by atoms with Crippen molar-refractivity contribution in [3.05, 3.63) is 35.4 Å². The lowest BCUT2D eigenvalue weighted by molar-refractivity contribution is 0.444. The van der Waals surface area contributed by atoms with Gasteiger partial charge in [0, 0.05) is 0 Å². The molecule has 0 aliphatic rings. The maximum Gasteiger partial charge on any atom is 0.119 e. The highest BCUT2D eigenvalue weighted by atomic mass is 16.3. The highest BCUT2D eigenvalue weighted by Crippen LogP contribution is 2.37. The van der Waals surface area contributed by atoms with Crippen molar-refractivity contribution in [1.29, 1.82) is 0 Å². The lowest BCUT2D eigenvalue weighted by atomic mass is 9.78. The Labute approximate surface area is 105 Å². The van der Waals surface area contributed by atoms with E-state index in [0.717, 1.165) is 11.1 Å². The minimum Gasteiger partial charge on any atom is -0.508 e. The van der Waals surface area contributed by atoms with E-state index in [9.17, 15) is 5.11 Å². The molecule has 0 bridgehead atoms. The summed E-state index contributed by atoms with van der Waals surface area (Å²) in [5.74, 6) is 0.361. The SMILES string of the molecule is C=Cc1cc(O)c(C(C)(C)C)cc1C(C)(C)C. The van der Waals surface area contributed by atoms with Crippen molar-refractivity contribution in [2.45, 2.75) is 52.4 Å². The van der Waals surface area contributed by atoms with Gasteiger partial charge in [-0.3, -0.25) is 0 Å². The van der Waals surface area contributed by atoms with Gasteiger partial charge >= 0.3 is 0 Å². The normalized spacial score (nSPS) is 12.6. The smallest absolute Gasteiger partial charge is 0.119 e. The first-order valence-corrected chi connectivity index (χ1v) is 6.08. The second kappa shape index (κ2) is 4.21. The Morgan fingerprint density at radius 2 is 1.41 bits per heavy atom. The molecule has 1 aromatic carbocycles. The summed E-state index contributed by atoms with van der Waals surface area (Å²) >= 11 is 0. The van der Waals surface area contributed by atoms with E-state index < -0.39 is 0 Å². The molecule has 0 saturated heterocycles. The quantitative estimate of drug-likeness (QED) is 0.748. The predicted molar refractivity (Wildman–Crippen MR) is 75.6 cm³/mol. The van der Waals surface area contributed by atoms with Crippen LogP contribution in [0.5, 0.6) is 5.75 Å². The van der Waals surface area contributed by atoms with Crippen LogP contribution in [0.2, 0.25) is 0 Å². The van der Waals surface area contributed by atoms with Gasteiger partial charge in [0.05, 0.1) is 0 Å². The fourth-order valence-electron chi connectivity index (χ4n) is 2.02. The third-order valence-corrected chi connectivity index (χ3v) is 3.00. The van der Waals surface area contributed by atoms with Crippen LogP contribution < -0.4 is 0 Å². The number of hydrogen-bond acceptors (Lipinski definition) is 1. The third-order valence-electron chi connectivity index (χ3n) is 3.00. The van der Waals surface area contributed by atoms with E-state index in [1.54, 1.807) is 0 Å². The van der Waals surface area contributed by atoms with Crippen molar-refractivity contribution in [3.8, 4) is 5.75 Å². The lowest BCUT2D eigenvalue weighted by Crippen LogP contribution is -2.17. The Balaban J connectivity index is 3.55. The van der Waals surface area contributed by atoms with Crippen LogP contribution in [0, 0.1) is 0 Å². The van der Waals surface area contributed by atoms with Gasteiger partial charge in [-0.25, -0.2) is 0 Å². The number of aromatic hydroxyl groups is 1. The molecule has 0 saturated carbocycles. The monoisotopic (exact) mass is 232 g/mol. The molecule has 1 heteroatoms. The molecule has 1 N–H and O–H groups in total. The average Bonchev–Trinajstić information content (AvgIpc) is 2.13. The van der Waals surface area contributed by atoms with E-state index in [2.05, 4.69) is 54.2 Å². The molecule has 0 aromatic heterocycles. The largest absolute Gasteiger partial charge is 0.508 e. The second-order valence-electron chi connectivity index (χ2n) is 6.66. The first kappa shape index (κ1) is 13.8. The van der Waals surface area contributed by atoms with Crippen LogP contribution in [-0.2, 0) is 10.8 Å². The number of benzene rings is 1. The first-order valence-electron chi connectivity index (χ1n) is 6.08. The van der Waals surface area contributed by atoms with Gasteiger partial charge in [-0.05, 0) is 33.6 Å². The third kappa shape index (κ3) is 2.91. The predicted octanol–water partition coefficient (Wildman–Crippen LogP) is 4.63. The molecule has 0 radical (unpaired) electrons. The van der Waals surface area contributed by atoms with E-state index >= 15 is 0 Å². The fraction of sp³-hybridized carbons (Fsp3) is 0.500. The van der Waals surface area contributed by atoms with Crippen molar-refractivity contribution in [1.82, 2.24) is 0 Å². The summed E-state index contributed by atoms with van der Waals surface area (Å²) in [6.45, 7) is 16.7. The molecule has 0 fully saturated rings. The molecule has 0 aliphatic heterocycles. The summed E-state index contributed by atoms with van der Waals surface area (Å²) in [6, 6.07) is 3.94. The molecule has 0 unspecified atom stereocenters. The van der Waals surface area contributed by atoms with Crippen LogP contribution in [0.1, 0.15) is 58.2 Å². The van der Waals surface area contributed by atoms with E-state index in [1.165, 1.54) is 5.56 Å². The number of rotatable bonds is 1. The summed E-state index contributed by atoms with van der Waals surface area (Å²) in [4.78, 5) is 0. The maximum atomic E-state index is 10.1. The zero-order chi connectivity index (χ0) is 13.4. The van der Waals surface area contributed by atoms with Crippen molar-refractivity contribution in [2.24, 2.45) is 0 Å². The first-order chi connectivity index (χ1) is 7.57. The summed E-state index contributed by atoms with van der Waals surface area (Å²) in [6.07, 6.45) is 1.81. The maximum absolute atomic E-state index is 10.1. The van der Waals surface area contributed by atoms with Gasteiger partial charge in [0.1, 0.15) is 5.75 Å². The van der Waals surface area contributed by atoms with Crippen molar-refractivity contribution < 1.29 is 5.11 Å². The molecule has 0 amide bonds. The molecule has 0 heterocycles. The van der Waals surface area contributed by atoms with E-state index in [-0.39, 0.29) is 10.8 Å². The standard InChI is InChI=1S/C16H24O/c1-8-11-9-14(17)13(16(5,6)7)10-12(11)15(2,3)4/h8-10,17H,1H2,2-7H3. The van der Waals surface area contributed by atoms with Crippen LogP contribution in [0.4, 0.5) is 0 Å². The summed E-state index contributed by atoms with van der Waals surface area (Å²) in [5, 5.41) is 10.1. The van der Waals surface area contributed by atoms with Crippen LogP contribution in [-0.4, -0.2) is 5.11 Å². The molecular formula is C16H24O. The highest BCUT2D eigenvalue weighted by Gasteiger charge is 2.24. The summed E-state index contributed by atoms with van der Waals surface area (Å²) in [7, 11) is 0. The van der Waals surface area contributed by atoms with Crippen LogP contribution >= 0.6 is 0 Å². The fourth-order valence-corrected chi connectivity index (χ4v) is 2.02. The molecule has 1 rings (SSSR count). The summed E-state index contributed by atoms with van der Waals surface area (Å²) in [5.41, 5.74) is 3.24. The van der Waals surface area contributed by atoms with Gasteiger partial charge in [0.2, 0.25) is 0 Å². The van der Waals surface area contributed by atoms with Crippen molar-refractivity contribution in [2.75, 3.05) is 0 Å². The van der Waals surface area contributed by atoms with E-state index in [0.29, 0.717) is 5.75 Å². The molecule has 94 valence electrons. The Bertz CT molecular complexity index is 428. The molecule has 0 atom stereocenters. The molecule has 0 spiro atoms. The van der Waals surface area contributed by atoms with E-state index in [1.807, 2.05) is 12.1 Å². The minimum atomic E-state index is -0.0518. The van der Waals surface area contributed by atoms with Gasteiger partial charge in [-0.1, -0.05) is 60.3 Å². The van der Waals surface area contributed by atoms with Crippen LogP contribution in [0.3, 0.4) is 0 Å². The zero-order valence-corrected chi connectivity index (χ0v) is 11.9. The molecule has 0 aliphatic carbocycles. The van der Waals surface area contributed by atoms with Gasteiger partial charge in [-0.2, -0.15) is 0 Å². The minimum absolute atomic E-state index is 0.0518. The van der Waals surface area contributed by atoms with Gasteiger partial charge in [-0.15, -0.1) is 0 Å². The van der Waals surface area contributed by atoms with Gasteiger partial charge in [0.15, 0.2) is 0 Å². The lowest BCUT2D eigenvalue weighted by Gasteiger charge is -2.27. The van der Waals surface area contributed by atoms with E-state index in [4.69, 9.17) is 0 Å². The molecule has 1 aromatic rings.